The Morgan fingerprint density at radius 1 is 0.609 bits per heavy atom. The van der Waals surface area contributed by atoms with E-state index in [2.05, 4.69) is 0 Å². The van der Waals surface area contributed by atoms with E-state index in [1.54, 1.807) is 0 Å². The third-order valence-electron chi connectivity index (χ3n) is 3.91. The second-order valence-corrected chi connectivity index (χ2v) is 7.24. The molecule has 2 aliphatic heterocycles. The Morgan fingerprint density at radius 2 is 0.957 bits per heavy atom. The summed E-state index contributed by atoms with van der Waals surface area (Å²) < 4.78 is 16.8. The molecule has 0 spiro atoms. The van der Waals surface area contributed by atoms with Crippen molar-refractivity contribution in [3.63, 3.8) is 0 Å². The zero-order valence-corrected chi connectivity index (χ0v) is 16.2. The summed E-state index contributed by atoms with van der Waals surface area (Å²) in [6, 6.07) is 0. The molecule has 0 unspecified atom stereocenters. The van der Waals surface area contributed by atoms with Crippen molar-refractivity contribution < 1.29 is 44.8 Å². The number of aliphatic hydroxyl groups is 6. The summed E-state index contributed by atoms with van der Waals surface area (Å²) >= 11 is 3.90. The van der Waals surface area contributed by atoms with Gasteiger partial charge < -0.3 is 44.8 Å². The first-order chi connectivity index (χ1) is 10.8. The minimum absolute atomic E-state index is 0.342. The molecule has 2 saturated heterocycles. The van der Waals surface area contributed by atoms with Gasteiger partial charge in [0.05, 0.1) is 12.2 Å². The van der Waals surface area contributed by atoms with Gasteiger partial charge in [-0.2, -0.15) is 0 Å². The average Bonchev–Trinajstić information content (AvgIpc) is 2.55. The molecule has 0 aromatic heterocycles. The van der Waals surface area contributed by atoms with Crippen molar-refractivity contribution in [2.24, 2.45) is 0 Å². The van der Waals surface area contributed by atoms with Gasteiger partial charge in [-0.15, -0.1) is 0 Å². The Labute approximate surface area is 159 Å². The predicted octanol–water partition coefficient (Wildman–Crippen LogP) is -2.51. The molecule has 2 rings (SSSR count). The monoisotopic (exact) mass is 562 g/mol. The normalized spacial score (nSPS) is 51.7. The van der Waals surface area contributed by atoms with Crippen LogP contribution in [0.4, 0.5) is 0 Å². The van der Waals surface area contributed by atoms with Gasteiger partial charge >= 0.3 is 0 Å². The van der Waals surface area contributed by atoms with Gasteiger partial charge in [0.15, 0.2) is 12.6 Å². The molecule has 0 radical (unpaired) electrons. The Morgan fingerprint density at radius 3 is 1.26 bits per heavy atom. The summed E-state index contributed by atoms with van der Waals surface area (Å²) in [7, 11) is 0. The summed E-state index contributed by atoms with van der Waals surface area (Å²) in [6.45, 7) is 0. The van der Waals surface area contributed by atoms with E-state index in [9.17, 15) is 30.6 Å². The molecule has 2 heterocycles. The van der Waals surface area contributed by atoms with Crippen molar-refractivity contribution in [3.8, 4) is 0 Å². The SMILES string of the molecule is O[C@@H]1[C@@H](O)[C@@H](O[C@H]2O[C@H](CI)[C@@H](O)[C@H](O)[C@H]2O)O[C@H](CI)[C@H]1O. The van der Waals surface area contributed by atoms with Crippen LogP contribution in [-0.2, 0) is 14.2 Å². The van der Waals surface area contributed by atoms with Crippen LogP contribution < -0.4 is 0 Å². The van der Waals surface area contributed by atoms with Crippen molar-refractivity contribution in [1.29, 1.82) is 0 Å². The number of ether oxygens (including phenoxy) is 3. The number of hydrogen-bond acceptors (Lipinski definition) is 9. The molecule has 11 heteroatoms. The van der Waals surface area contributed by atoms with Crippen LogP contribution in [0.5, 0.6) is 0 Å². The standard InChI is InChI=1S/C12H20I2O9/c13-1-3-5(15)7(17)9(19)11(21-3)23-12-10(20)8(18)6(16)4(2-14)22-12/h3-12,15-20H,1-2H2/t3-,4-,5-,6-,7+,8+,9-,10-,11-,12-/m1/s1. The zero-order chi connectivity index (χ0) is 17.3. The van der Waals surface area contributed by atoms with E-state index < -0.39 is 61.4 Å². The highest BCUT2D eigenvalue weighted by molar-refractivity contribution is 14.1. The Bertz CT molecular complexity index is 352. The van der Waals surface area contributed by atoms with E-state index >= 15 is 0 Å². The van der Waals surface area contributed by atoms with Crippen LogP contribution in [0.15, 0.2) is 0 Å². The summed E-state index contributed by atoms with van der Waals surface area (Å²) in [5.74, 6) is 0. The molecule has 23 heavy (non-hydrogen) atoms. The van der Waals surface area contributed by atoms with Gasteiger partial charge in [-0.05, 0) is 0 Å². The topological polar surface area (TPSA) is 149 Å². The average molecular weight is 562 g/mol. The van der Waals surface area contributed by atoms with Crippen molar-refractivity contribution in [2.75, 3.05) is 8.86 Å². The second-order valence-electron chi connectivity index (χ2n) is 5.47. The fourth-order valence-electron chi connectivity index (χ4n) is 2.45. The summed E-state index contributed by atoms with van der Waals surface area (Å²) in [6.07, 6.45) is -12.9. The minimum Gasteiger partial charge on any atom is -0.388 e. The van der Waals surface area contributed by atoms with Crippen LogP contribution in [0.3, 0.4) is 0 Å². The highest BCUT2D eigenvalue weighted by atomic mass is 127. The molecule has 2 aliphatic rings. The molecule has 6 N–H and O–H groups in total. The second kappa shape index (κ2) is 8.66. The number of hydrogen-bond donors (Lipinski definition) is 6. The molecule has 0 aromatic rings. The van der Waals surface area contributed by atoms with Crippen LogP contribution in [0, 0.1) is 0 Å². The van der Waals surface area contributed by atoms with Crippen molar-refractivity contribution in [2.45, 2.75) is 61.4 Å². The highest BCUT2D eigenvalue weighted by Gasteiger charge is 2.49. The van der Waals surface area contributed by atoms with Gasteiger partial charge in [0.25, 0.3) is 0 Å². The van der Waals surface area contributed by atoms with Crippen LogP contribution in [0.25, 0.3) is 0 Å². The van der Waals surface area contributed by atoms with Gasteiger partial charge in [-0.25, -0.2) is 0 Å². The largest absolute Gasteiger partial charge is 0.388 e. The van der Waals surface area contributed by atoms with Crippen molar-refractivity contribution in [1.82, 2.24) is 0 Å². The van der Waals surface area contributed by atoms with E-state index in [-0.39, 0.29) is 0 Å². The maximum atomic E-state index is 9.97. The quantitative estimate of drug-likeness (QED) is 0.162. The van der Waals surface area contributed by atoms with E-state index in [1.165, 1.54) is 0 Å². The van der Waals surface area contributed by atoms with Crippen LogP contribution >= 0.6 is 45.2 Å². The molecule has 2 fully saturated rings. The van der Waals surface area contributed by atoms with Crippen molar-refractivity contribution in [3.05, 3.63) is 0 Å². The maximum absolute atomic E-state index is 9.97. The fraction of sp³-hybridized carbons (Fsp3) is 1.00. The smallest absolute Gasteiger partial charge is 0.189 e. The van der Waals surface area contributed by atoms with Gasteiger partial charge in [-0.3, -0.25) is 0 Å². The molecule has 0 aliphatic carbocycles. The van der Waals surface area contributed by atoms with Gasteiger partial charge in [0.1, 0.15) is 36.6 Å². The molecule has 0 saturated carbocycles. The van der Waals surface area contributed by atoms with Gasteiger partial charge in [-0.1, -0.05) is 45.2 Å². The molecular weight excluding hydrogens is 542 g/mol. The lowest BCUT2D eigenvalue weighted by molar-refractivity contribution is -0.369. The van der Waals surface area contributed by atoms with Gasteiger partial charge in [0, 0.05) is 8.86 Å². The fourth-order valence-corrected chi connectivity index (χ4v) is 3.90. The molecule has 9 nitrogen and oxygen atoms in total. The first-order valence-electron chi connectivity index (χ1n) is 6.98. The molecule has 0 aromatic carbocycles. The number of halogens is 2. The summed E-state index contributed by atoms with van der Waals surface area (Å²) in [5.41, 5.74) is 0. The van der Waals surface area contributed by atoms with Crippen LogP contribution in [0.1, 0.15) is 0 Å². The van der Waals surface area contributed by atoms with Crippen LogP contribution in [-0.4, -0.2) is 101 Å². The maximum Gasteiger partial charge on any atom is 0.189 e. The van der Waals surface area contributed by atoms with E-state index in [0.29, 0.717) is 8.86 Å². The van der Waals surface area contributed by atoms with Gasteiger partial charge in [0.2, 0.25) is 0 Å². The molecule has 0 amide bonds. The van der Waals surface area contributed by atoms with E-state index in [4.69, 9.17) is 14.2 Å². The number of rotatable bonds is 4. The first kappa shape index (κ1) is 20.4. The zero-order valence-electron chi connectivity index (χ0n) is 11.9. The number of alkyl halides is 2. The Balaban J connectivity index is 2.07. The van der Waals surface area contributed by atoms with Crippen LogP contribution in [0.2, 0.25) is 0 Å². The first-order valence-corrected chi connectivity index (χ1v) is 10.0. The summed E-state index contributed by atoms with van der Waals surface area (Å²) in [5, 5.41) is 59.2. The molecule has 10 atom stereocenters. The molecule has 136 valence electrons. The molecule has 0 bridgehead atoms. The Hall–Kier alpha value is 1.10. The minimum atomic E-state index is -1.55. The van der Waals surface area contributed by atoms with E-state index in [0.717, 1.165) is 0 Å². The highest BCUT2D eigenvalue weighted by Crippen LogP contribution is 2.29. The lowest BCUT2D eigenvalue weighted by Gasteiger charge is -2.44. The number of aliphatic hydroxyl groups excluding tert-OH is 6. The summed E-state index contributed by atoms with van der Waals surface area (Å²) in [4.78, 5) is 0. The Kier molecular flexibility index (Phi) is 7.68. The van der Waals surface area contributed by atoms with Crippen molar-refractivity contribution >= 4 is 45.2 Å². The predicted molar refractivity (Wildman–Crippen MR) is 92.2 cm³/mol. The third-order valence-corrected chi connectivity index (χ3v) is 5.65. The molecular formula is C12H20I2O9. The lowest BCUT2D eigenvalue weighted by atomic mass is 9.99. The third kappa shape index (κ3) is 4.27. The lowest BCUT2D eigenvalue weighted by Crippen LogP contribution is -2.63. The van der Waals surface area contributed by atoms with E-state index in [1.807, 2.05) is 45.2 Å².